The van der Waals surface area contributed by atoms with Crippen molar-refractivity contribution in [2.75, 3.05) is 24.7 Å². The number of nitrogens with one attached hydrogen (secondary N) is 2. The highest BCUT2D eigenvalue weighted by Gasteiger charge is 2.31. The number of ether oxygens (including phenoxy) is 1. The minimum Gasteiger partial charge on any atom is -0.406 e. The molecule has 0 saturated heterocycles. The summed E-state index contributed by atoms with van der Waals surface area (Å²) >= 11 is 0. The number of amides is 1. The van der Waals surface area contributed by atoms with Crippen LogP contribution in [0.2, 0.25) is 0 Å². The number of rotatable bonds is 8. The van der Waals surface area contributed by atoms with Crippen LogP contribution in [0.5, 0.6) is 5.75 Å². The lowest BCUT2D eigenvalue weighted by Gasteiger charge is -2.14. The highest BCUT2D eigenvalue weighted by Crippen LogP contribution is 2.28. The Morgan fingerprint density at radius 3 is 2.28 bits per heavy atom. The Hall–Kier alpha value is -4.44. The molecule has 0 bridgehead atoms. The van der Waals surface area contributed by atoms with E-state index in [1.54, 1.807) is 30.5 Å². The van der Waals surface area contributed by atoms with Gasteiger partial charge in [0.1, 0.15) is 5.75 Å². The Kier molecular flexibility index (Phi) is 8.15. The number of nitrogens with zero attached hydrogens (tertiary/aromatic N) is 3. The molecule has 1 aromatic heterocycles. The number of halogens is 3. The number of hydrogen-bond donors (Lipinski definition) is 2. The summed E-state index contributed by atoms with van der Waals surface area (Å²) in [4.78, 5) is 23.8. The van der Waals surface area contributed by atoms with E-state index >= 15 is 0 Å². The number of aryl methyl sites for hydroxylation is 2. The molecule has 2 N–H and O–H groups in total. The second-order valence-corrected chi connectivity index (χ2v) is 9.34. The van der Waals surface area contributed by atoms with Gasteiger partial charge in [-0.15, -0.1) is 13.2 Å². The quantitative estimate of drug-likeness (QED) is 0.261. The molecule has 0 aliphatic carbocycles. The summed E-state index contributed by atoms with van der Waals surface area (Å²) in [7, 11) is 3.98. The van der Waals surface area contributed by atoms with E-state index < -0.39 is 6.36 Å². The smallest absolute Gasteiger partial charge is 0.406 e. The Balaban J connectivity index is 1.45. The lowest BCUT2D eigenvalue weighted by Crippen LogP contribution is -2.16. The predicted octanol–water partition coefficient (Wildman–Crippen LogP) is 6.72. The molecule has 1 amide bonds. The van der Waals surface area contributed by atoms with E-state index in [4.69, 9.17) is 0 Å². The number of alkyl halides is 3. The van der Waals surface area contributed by atoms with Crippen LogP contribution < -0.4 is 15.4 Å². The van der Waals surface area contributed by atoms with Crippen LogP contribution in [-0.4, -0.2) is 41.2 Å². The molecule has 202 valence electrons. The Bertz CT molecular complexity index is 1450. The standard InChI is InChI=1S/C29H28F3N5O2/c1-18-5-6-20(17-37(3)4)15-25(18)35-27(38)22-7-11-23(12-8-22)34-28-33-16-19(2)26(36-28)21-9-13-24(14-10-21)39-29(30,31)32/h5-16H,17H2,1-4H3,(H,35,38)(H,33,34,36). The lowest BCUT2D eigenvalue weighted by molar-refractivity contribution is -0.274. The summed E-state index contributed by atoms with van der Waals surface area (Å²) in [5, 5.41) is 6.09. The maximum absolute atomic E-state index is 12.9. The Labute approximate surface area is 224 Å². The summed E-state index contributed by atoms with van der Waals surface area (Å²) < 4.78 is 41.3. The number of anilines is 3. The highest BCUT2D eigenvalue weighted by molar-refractivity contribution is 6.04. The first kappa shape index (κ1) is 27.6. The average Bonchev–Trinajstić information content (AvgIpc) is 2.87. The van der Waals surface area contributed by atoms with Crippen molar-refractivity contribution < 1.29 is 22.7 Å². The normalized spacial score (nSPS) is 11.4. The molecule has 0 unspecified atom stereocenters. The van der Waals surface area contributed by atoms with E-state index in [0.717, 1.165) is 28.9 Å². The van der Waals surface area contributed by atoms with Crippen LogP contribution in [0.4, 0.5) is 30.5 Å². The molecule has 4 aromatic rings. The van der Waals surface area contributed by atoms with Crippen molar-refractivity contribution in [3.05, 3.63) is 95.2 Å². The first-order valence-corrected chi connectivity index (χ1v) is 12.1. The SMILES string of the molecule is Cc1ccc(CN(C)C)cc1NC(=O)c1ccc(Nc2ncc(C)c(-c3ccc(OC(F)(F)F)cc3)n2)cc1. The maximum Gasteiger partial charge on any atom is 0.573 e. The van der Waals surface area contributed by atoms with Gasteiger partial charge in [0.05, 0.1) is 5.69 Å². The third-order valence-electron chi connectivity index (χ3n) is 5.79. The summed E-state index contributed by atoms with van der Waals surface area (Å²) in [5.74, 6) is -0.230. The number of hydrogen-bond acceptors (Lipinski definition) is 6. The first-order valence-electron chi connectivity index (χ1n) is 12.1. The van der Waals surface area contributed by atoms with Crippen molar-refractivity contribution in [1.82, 2.24) is 14.9 Å². The van der Waals surface area contributed by atoms with Crippen molar-refractivity contribution in [3.8, 4) is 17.0 Å². The third kappa shape index (κ3) is 7.55. The fourth-order valence-electron chi connectivity index (χ4n) is 3.90. The number of aromatic nitrogens is 2. The Morgan fingerprint density at radius 1 is 0.949 bits per heavy atom. The van der Waals surface area contributed by atoms with Gasteiger partial charge in [0.15, 0.2) is 0 Å². The van der Waals surface area contributed by atoms with Gasteiger partial charge in [0.2, 0.25) is 5.95 Å². The predicted molar refractivity (Wildman–Crippen MR) is 145 cm³/mol. The van der Waals surface area contributed by atoms with Crippen molar-refractivity contribution >= 4 is 23.2 Å². The second-order valence-electron chi connectivity index (χ2n) is 9.34. The lowest BCUT2D eigenvalue weighted by atomic mass is 10.1. The minimum absolute atomic E-state index is 0.224. The molecule has 4 rings (SSSR count). The summed E-state index contributed by atoms with van der Waals surface area (Å²) in [6.07, 6.45) is -3.13. The van der Waals surface area contributed by atoms with E-state index in [1.807, 2.05) is 46.1 Å². The molecule has 0 spiro atoms. The molecule has 0 aliphatic heterocycles. The maximum atomic E-state index is 12.9. The van der Waals surface area contributed by atoms with Crippen LogP contribution in [0.1, 0.15) is 27.0 Å². The average molecular weight is 536 g/mol. The largest absolute Gasteiger partial charge is 0.573 e. The van der Waals surface area contributed by atoms with Gasteiger partial charge < -0.3 is 20.3 Å². The zero-order chi connectivity index (χ0) is 28.2. The molecule has 1 heterocycles. The highest BCUT2D eigenvalue weighted by atomic mass is 19.4. The van der Waals surface area contributed by atoms with Gasteiger partial charge in [-0.2, -0.15) is 0 Å². The zero-order valence-corrected chi connectivity index (χ0v) is 21.9. The fourth-order valence-corrected chi connectivity index (χ4v) is 3.90. The molecule has 39 heavy (non-hydrogen) atoms. The number of benzene rings is 3. The van der Waals surface area contributed by atoms with Gasteiger partial charge in [-0.25, -0.2) is 9.97 Å². The fraction of sp³-hybridized carbons (Fsp3) is 0.207. The molecule has 0 radical (unpaired) electrons. The van der Waals surface area contributed by atoms with Crippen LogP contribution in [0.15, 0.2) is 72.9 Å². The molecule has 0 aliphatic rings. The number of carbonyl (C=O) groups is 1. The topological polar surface area (TPSA) is 79.4 Å². The first-order chi connectivity index (χ1) is 18.5. The number of carbonyl (C=O) groups excluding carboxylic acids is 1. The molecular formula is C29H28F3N5O2. The van der Waals surface area contributed by atoms with Gasteiger partial charge in [0.25, 0.3) is 5.91 Å². The molecule has 7 nitrogen and oxygen atoms in total. The molecule has 0 atom stereocenters. The Morgan fingerprint density at radius 2 is 1.64 bits per heavy atom. The van der Waals surface area contributed by atoms with Crippen LogP contribution in [0, 0.1) is 13.8 Å². The van der Waals surface area contributed by atoms with E-state index in [0.29, 0.717) is 28.5 Å². The van der Waals surface area contributed by atoms with Crippen LogP contribution in [0.25, 0.3) is 11.3 Å². The van der Waals surface area contributed by atoms with Gasteiger partial charge in [-0.3, -0.25) is 4.79 Å². The second kappa shape index (κ2) is 11.5. The molecular weight excluding hydrogens is 507 g/mol. The molecule has 10 heteroatoms. The van der Waals surface area contributed by atoms with Gasteiger partial charge >= 0.3 is 6.36 Å². The van der Waals surface area contributed by atoms with E-state index in [-0.39, 0.29) is 11.7 Å². The minimum atomic E-state index is -4.75. The molecule has 0 saturated carbocycles. The van der Waals surface area contributed by atoms with Crippen molar-refractivity contribution in [3.63, 3.8) is 0 Å². The summed E-state index contributed by atoms with van der Waals surface area (Å²) in [6, 6.07) is 18.4. The van der Waals surface area contributed by atoms with Crippen LogP contribution in [-0.2, 0) is 6.54 Å². The van der Waals surface area contributed by atoms with E-state index in [9.17, 15) is 18.0 Å². The van der Waals surface area contributed by atoms with Crippen molar-refractivity contribution in [2.45, 2.75) is 26.8 Å². The summed E-state index contributed by atoms with van der Waals surface area (Å²) in [5.41, 5.74) is 5.92. The van der Waals surface area contributed by atoms with Crippen molar-refractivity contribution in [1.29, 1.82) is 0 Å². The van der Waals surface area contributed by atoms with Gasteiger partial charge in [-0.05, 0) is 99.2 Å². The molecule has 3 aromatic carbocycles. The van der Waals surface area contributed by atoms with Gasteiger partial charge in [0, 0.05) is 35.2 Å². The third-order valence-corrected chi connectivity index (χ3v) is 5.79. The van der Waals surface area contributed by atoms with Crippen LogP contribution in [0.3, 0.4) is 0 Å². The van der Waals surface area contributed by atoms with Crippen molar-refractivity contribution in [2.24, 2.45) is 0 Å². The monoisotopic (exact) mass is 535 g/mol. The molecule has 0 fully saturated rings. The van der Waals surface area contributed by atoms with E-state index in [1.165, 1.54) is 24.3 Å². The zero-order valence-electron chi connectivity index (χ0n) is 21.9. The van der Waals surface area contributed by atoms with Gasteiger partial charge in [-0.1, -0.05) is 12.1 Å². The summed E-state index contributed by atoms with van der Waals surface area (Å²) in [6.45, 7) is 4.53. The van der Waals surface area contributed by atoms with E-state index in [2.05, 4.69) is 30.2 Å². The van der Waals surface area contributed by atoms with Crippen LogP contribution >= 0.6 is 0 Å².